The third-order valence-corrected chi connectivity index (χ3v) is 5.87. The highest BCUT2D eigenvalue weighted by Gasteiger charge is 2.35. The van der Waals surface area contributed by atoms with Crippen LogP contribution in [0.2, 0.25) is 0 Å². The second-order valence-corrected chi connectivity index (χ2v) is 8.96. The van der Waals surface area contributed by atoms with Crippen molar-refractivity contribution in [2.45, 2.75) is 45.4 Å². The van der Waals surface area contributed by atoms with E-state index in [0.29, 0.717) is 24.9 Å². The monoisotopic (exact) mass is 494 g/mol. The topological polar surface area (TPSA) is 136 Å². The molecule has 0 spiro atoms. The van der Waals surface area contributed by atoms with Crippen LogP contribution in [-0.2, 0) is 32.3 Å². The molecule has 0 aromatic heterocycles. The fourth-order valence-electron chi connectivity index (χ4n) is 4.00. The fraction of sp³-hybridized carbons (Fsp3) is 0.346. The summed E-state index contributed by atoms with van der Waals surface area (Å²) < 4.78 is 0. The number of hydrazine groups is 1. The number of aliphatic carboxylic acids is 1. The van der Waals surface area contributed by atoms with Gasteiger partial charge in [0.25, 0.3) is 11.8 Å². The second kappa shape index (κ2) is 12.1. The lowest BCUT2D eigenvalue weighted by Crippen LogP contribution is -2.58. The molecule has 1 heterocycles. The zero-order valence-corrected chi connectivity index (χ0v) is 20.2. The average molecular weight is 495 g/mol. The third kappa shape index (κ3) is 6.76. The molecule has 3 rings (SSSR count). The maximum Gasteiger partial charge on any atom is 0.305 e. The number of benzene rings is 2. The van der Waals surface area contributed by atoms with E-state index in [1.807, 2.05) is 24.3 Å². The summed E-state index contributed by atoms with van der Waals surface area (Å²) in [4.78, 5) is 61.6. The lowest BCUT2D eigenvalue weighted by molar-refractivity contribution is -0.158. The molecule has 2 aromatic rings. The molecular formula is C26H30N4O6. The molecule has 10 heteroatoms. The number of hydrogen-bond donors (Lipinski definition) is 3. The smallest absolute Gasteiger partial charge is 0.305 e. The van der Waals surface area contributed by atoms with Crippen molar-refractivity contribution in [3.63, 3.8) is 0 Å². The van der Waals surface area contributed by atoms with Crippen LogP contribution in [0.5, 0.6) is 0 Å². The number of nitrogens with zero attached hydrogens (tertiary/aromatic N) is 2. The summed E-state index contributed by atoms with van der Waals surface area (Å²) in [6.07, 6.45) is -0.221. The number of carboxylic acids is 1. The predicted molar refractivity (Wildman–Crippen MR) is 130 cm³/mol. The molecule has 1 aliphatic heterocycles. The van der Waals surface area contributed by atoms with Crippen molar-refractivity contribution in [1.82, 2.24) is 20.7 Å². The molecular weight excluding hydrogens is 464 g/mol. The van der Waals surface area contributed by atoms with Gasteiger partial charge in [0.1, 0.15) is 18.9 Å². The van der Waals surface area contributed by atoms with Crippen molar-refractivity contribution in [2.24, 2.45) is 5.92 Å². The molecule has 3 N–H and O–H groups in total. The van der Waals surface area contributed by atoms with Crippen LogP contribution < -0.4 is 10.6 Å². The molecule has 0 saturated heterocycles. The largest absolute Gasteiger partial charge is 0.481 e. The van der Waals surface area contributed by atoms with Gasteiger partial charge in [-0.25, -0.2) is 5.01 Å². The third-order valence-electron chi connectivity index (χ3n) is 5.87. The summed E-state index contributed by atoms with van der Waals surface area (Å²) in [6.45, 7) is 3.89. The van der Waals surface area contributed by atoms with E-state index in [1.165, 1.54) is 5.01 Å². The number of nitrogens with one attached hydrogen (secondary N) is 2. The Bertz CT molecular complexity index is 1100. The van der Waals surface area contributed by atoms with Crippen molar-refractivity contribution in [1.29, 1.82) is 0 Å². The molecule has 190 valence electrons. The quantitative estimate of drug-likeness (QED) is 0.401. The molecule has 0 fully saturated rings. The van der Waals surface area contributed by atoms with Gasteiger partial charge in [-0.2, -0.15) is 0 Å². The van der Waals surface area contributed by atoms with Gasteiger partial charge in [-0.3, -0.25) is 24.2 Å². The standard InChI is InChI=1S/C26H30N4O6/c1-17(2)24(28-25(35)18-8-4-3-5-9-18)26(36)30(15-22(32)27-21(16-31)12-23(33)34)29-13-19-10-6-7-11-20(19)14-29/h3-11,16-17,21,24H,12-15H2,1-2H3,(H,27,32)(H,28,35)(H,33,34)/t21?,24-/m0/s1. The zero-order chi connectivity index (χ0) is 26.2. The number of aldehydes is 1. The van der Waals surface area contributed by atoms with Crippen LogP contribution in [-0.4, -0.2) is 63.7 Å². The normalized spacial score (nSPS) is 14.4. The molecule has 10 nitrogen and oxygen atoms in total. The maximum absolute atomic E-state index is 13.8. The summed E-state index contributed by atoms with van der Waals surface area (Å²) >= 11 is 0. The summed E-state index contributed by atoms with van der Waals surface area (Å²) in [5, 5.41) is 17.1. The van der Waals surface area contributed by atoms with Crippen LogP contribution in [0.1, 0.15) is 41.8 Å². The summed E-state index contributed by atoms with van der Waals surface area (Å²) in [7, 11) is 0. The average Bonchev–Trinajstić information content (AvgIpc) is 3.29. The maximum atomic E-state index is 13.8. The van der Waals surface area contributed by atoms with E-state index in [9.17, 15) is 24.0 Å². The number of amides is 3. The van der Waals surface area contributed by atoms with Gasteiger partial charge >= 0.3 is 5.97 Å². The van der Waals surface area contributed by atoms with Crippen LogP contribution in [0, 0.1) is 5.92 Å². The lowest BCUT2D eigenvalue weighted by Gasteiger charge is -2.35. The second-order valence-electron chi connectivity index (χ2n) is 8.96. The van der Waals surface area contributed by atoms with Crippen molar-refractivity contribution < 1.29 is 29.1 Å². The Balaban J connectivity index is 1.83. The Morgan fingerprint density at radius 1 is 0.972 bits per heavy atom. The number of fused-ring (bicyclic) bond motifs is 1. The number of carbonyl (C=O) groups is 5. The molecule has 3 amide bonds. The van der Waals surface area contributed by atoms with E-state index in [-0.39, 0.29) is 5.92 Å². The highest BCUT2D eigenvalue weighted by atomic mass is 16.4. The highest BCUT2D eigenvalue weighted by molar-refractivity contribution is 5.98. The van der Waals surface area contributed by atoms with E-state index >= 15 is 0 Å². The Hall–Kier alpha value is -4.05. The highest BCUT2D eigenvalue weighted by Crippen LogP contribution is 2.25. The van der Waals surface area contributed by atoms with E-state index in [0.717, 1.165) is 11.1 Å². The van der Waals surface area contributed by atoms with Crippen molar-refractivity contribution in [3.8, 4) is 0 Å². The summed E-state index contributed by atoms with van der Waals surface area (Å²) in [5.74, 6) is -3.12. The van der Waals surface area contributed by atoms with Crippen molar-refractivity contribution >= 4 is 30.0 Å². The fourth-order valence-corrected chi connectivity index (χ4v) is 4.00. The SMILES string of the molecule is CC(C)[C@H](NC(=O)c1ccccc1)C(=O)N(CC(=O)NC(C=O)CC(=O)O)N1Cc2ccccc2C1. The first-order valence-electron chi connectivity index (χ1n) is 11.6. The van der Waals surface area contributed by atoms with Crippen LogP contribution in [0.25, 0.3) is 0 Å². The first kappa shape index (κ1) is 26.6. The van der Waals surface area contributed by atoms with Crippen LogP contribution in [0.3, 0.4) is 0 Å². The molecule has 0 bridgehead atoms. The van der Waals surface area contributed by atoms with Gasteiger partial charge in [0.05, 0.1) is 12.5 Å². The summed E-state index contributed by atoms with van der Waals surface area (Å²) in [5.41, 5.74) is 2.40. The minimum atomic E-state index is -1.24. The van der Waals surface area contributed by atoms with Crippen LogP contribution in [0.4, 0.5) is 0 Å². The van der Waals surface area contributed by atoms with Gasteiger partial charge in [-0.15, -0.1) is 0 Å². The zero-order valence-electron chi connectivity index (χ0n) is 20.2. The van der Waals surface area contributed by atoms with Crippen molar-refractivity contribution in [2.75, 3.05) is 6.54 Å². The van der Waals surface area contributed by atoms with Crippen LogP contribution >= 0.6 is 0 Å². The van der Waals surface area contributed by atoms with Gasteiger partial charge in [0.15, 0.2) is 0 Å². The van der Waals surface area contributed by atoms with E-state index in [2.05, 4.69) is 10.6 Å². The number of rotatable bonds is 11. The lowest BCUT2D eigenvalue weighted by atomic mass is 10.0. The van der Waals surface area contributed by atoms with Gasteiger partial charge in [-0.05, 0) is 29.2 Å². The molecule has 2 atom stereocenters. The Labute approximate surface area is 209 Å². The Kier molecular flexibility index (Phi) is 8.91. The minimum Gasteiger partial charge on any atom is -0.481 e. The number of hydrogen-bond acceptors (Lipinski definition) is 6. The Morgan fingerprint density at radius 3 is 2.08 bits per heavy atom. The number of carboxylic acid groups (broad SMARTS) is 1. The molecule has 0 aliphatic carbocycles. The first-order valence-corrected chi connectivity index (χ1v) is 11.6. The van der Waals surface area contributed by atoms with Gasteiger partial charge in [-0.1, -0.05) is 56.3 Å². The molecule has 2 aromatic carbocycles. The number of carbonyl (C=O) groups excluding carboxylic acids is 4. The van der Waals surface area contributed by atoms with Crippen LogP contribution in [0.15, 0.2) is 54.6 Å². The first-order chi connectivity index (χ1) is 17.2. The van der Waals surface area contributed by atoms with Crippen molar-refractivity contribution in [3.05, 3.63) is 71.3 Å². The molecule has 1 aliphatic rings. The van der Waals surface area contributed by atoms with Gasteiger partial charge < -0.3 is 20.5 Å². The molecule has 0 saturated carbocycles. The predicted octanol–water partition coefficient (Wildman–Crippen LogP) is 1.36. The minimum absolute atomic E-state index is 0.296. The van der Waals surface area contributed by atoms with E-state index in [4.69, 9.17) is 5.11 Å². The Morgan fingerprint density at radius 2 is 1.56 bits per heavy atom. The molecule has 1 unspecified atom stereocenters. The van der Waals surface area contributed by atoms with Gasteiger partial charge in [0, 0.05) is 18.7 Å². The van der Waals surface area contributed by atoms with E-state index < -0.39 is 48.7 Å². The van der Waals surface area contributed by atoms with Gasteiger partial charge in [0.2, 0.25) is 5.91 Å². The molecule has 36 heavy (non-hydrogen) atoms. The molecule has 0 radical (unpaired) electrons. The summed E-state index contributed by atoms with van der Waals surface area (Å²) in [6, 6.07) is 14.0. The van der Waals surface area contributed by atoms with E-state index in [1.54, 1.807) is 49.2 Å².